The fourth-order valence-electron chi connectivity index (χ4n) is 1.84. The van der Waals surface area contributed by atoms with Crippen molar-refractivity contribution in [3.05, 3.63) is 59.4 Å². The van der Waals surface area contributed by atoms with Gasteiger partial charge < -0.3 is 15.5 Å². The summed E-state index contributed by atoms with van der Waals surface area (Å²) in [6.07, 6.45) is 0. The first kappa shape index (κ1) is 13.9. The Morgan fingerprint density at radius 1 is 1.20 bits per heavy atom. The molecule has 0 radical (unpaired) electrons. The third-order valence-corrected chi connectivity index (χ3v) is 2.92. The van der Waals surface area contributed by atoms with Gasteiger partial charge in [0, 0.05) is 0 Å². The third kappa shape index (κ3) is 3.06. The maximum atomic E-state index is 13.1. The second-order valence-corrected chi connectivity index (χ2v) is 4.45. The van der Waals surface area contributed by atoms with Crippen molar-refractivity contribution in [1.29, 1.82) is 0 Å². The molecule has 3 N–H and O–H groups in total. The molecule has 1 unspecified atom stereocenters. The molecule has 0 saturated carbocycles. The number of carbonyl (C=O) groups is 1. The minimum atomic E-state index is -0.546. The summed E-state index contributed by atoms with van der Waals surface area (Å²) < 4.78 is 13.1. The van der Waals surface area contributed by atoms with Gasteiger partial charge in [-0.05, 0) is 42.8 Å². The molecule has 0 fully saturated rings. The SMILES string of the molecule is CC(NC(=O)c1cc(O)ccc1O)c1cccc(F)c1. The molecule has 104 valence electrons. The van der Waals surface area contributed by atoms with Crippen LogP contribution in [0.25, 0.3) is 0 Å². The highest BCUT2D eigenvalue weighted by atomic mass is 19.1. The molecule has 2 aromatic carbocycles. The number of benzene rings is 2. The van der Waals surface area contributed by atoms with E-state index in [1.54, 1.807) is 19.1 Å². The number of amides is 1. The second kappa shape index (κ2) is 5.61. The summed E-state index contributed by atoms with van der Waals surface area (Å²) in [4.78, 5) is 12.0. The van der Waals surface area contributed by atoms with Gasteiger partial charge in [-0.1, -0.05) is 12.1 Å². The fourth-order valence-corrected chi connectivity index (χ4v) is 1.84. The van der Waals surface area contributed by atoms with Gasteiger partial charge in [-0.3, -0.25) is 4.79 Å². The quantitative estimate of drug-likeness (QED) is 0.754. The Labute approximate surface area is 115 Å². The third-order valence-electron chi connectivity index (χ3n) is 2.92. The molecule has 4 nitrogen and oxygen atoms in total. The van der Waals surface area contributed by atoms with Crippen molar-refractivity contribution in [2.75, 3.05) is 0 Å². The van der Waals surface area contributed by atoms with Gasteiger partial charge in [0.1, 0.15) is 17.3 Å². The predicted octanol–water partition coefficient (Wildman–Crippen LogP) is 2.73. The van der Waals surface area contributed by atoms with Crippen LogP contribution in [0.15, 0.2) is 42.5 Å². The molecule has 0 spiro atoms. The van der Waals surface area contributed by atoms with E-state index in [4.69, 9.17) is 0 Å². The van der Waals surface area contributed by atoms with Crippen LogP contribution in [0.1, 0.15) is 28.9 Å². The van der Waals surface area contributed by atoms with Crippen molar-refractivity contribution in [1.82, 2.24) is 5.32 Å². The summed E-state index contributed by atoms with van der Waals surface area (Å²) in [5.41, 5.74) is 0.575. The van der Waals surface area contributed by atoms with Crippen molar-refractivity contribution >= 4 is 5.91 Å². The van der Waals surface area contributed by atoms with Gasteiger partial charge in [0.15, 0.2) is 0 Å². The zero-order chi connectivity index (χ0) is 14.7. The Morgan fingerprint density at radius 3 is 2.65 bits per heavy atom. The molecule has 0 aliphatic carbocycles. The number of aromatic hydroxyl groups is 2. The first-order chi connectivity index (χ1) is 9.47. The van der Waals surface area contributed by atoms with Crippen LogP contribution in [0.2, 0.25) is 0 Å². The second-order valence-electron chi connectivity index (χ2n) is 4.45. The van der Waals surface area contributed by atoms with Gasteiger partial charge in [-0.2, -0.15) is 0 Å². The summed E-state index contributed by atoms with van der Waals surface area (Å²) in [7, 11) is 0. The first-order valence-electron chi connectivity index (χ1n) is 6.05. The fraction of sp³-hybridized carbons (Fsp3) is 0.133. The van der Waals surface area contributed by atoms with Crippen LogP contribution in [0.5, 0.6) is 11.5 Å². The zero-order valence-electron chi connectivity index (χ0n) is 10.8. The summed E-state index contributed by atoms with van der Waals surface area (Å²) in [6.45, 7) is 1.70. The molecule has 5 heteroatoms. The van der Waals surface area contributed by atoms with Crippen molar-refractivity contribution in [3.63, 3.8) is 0 Å². The number of carbonyl (C=O) groups excluding carboxylic acids is 1. The maximum absolute atomic E-state index is 13.1. The number of phenolic OH excluding ortho intramolecular Hbond substituents is 2. The van der Waals surface area contributed by atoms with Crippen LogP contribution < -0.4 is 5.32 Å². The van der Waals surface area contributed by atoms with Gasteiger partial charge in [-0.15, -0.1) is 0 Å². The number of rotatable bonds is 3. The van der Waals surface area contributed by atoms with E-state index >= 15 is 0 Å². The van der Waals surface area contributed by atoms with E-state index in [0.29, 0.717) is 5.56 Å². The Hall–Kier alpha value is -2.56. The average Bonchev–Trinajstić information content (AvgIpc) is 2.41. The lowest BCUT2D eigenvalue weighted by atomic mass is 10.1. The van der Waals surface area contributed by atoms with Crippen LogP contribution in [0, 0.1) is 5.82 Å². The largest absolute Gasteiger partial charge is 0.508 e. The van der Waals surface area contributed by atoms with E-state index in [1.807, 2.05) is 0 Å². The summed E-state index contributed by atoms with van der Waals surface area (Å²) in [6, 6.07) is 9.14. The molecule has 0 saturated heterocycles. The highest BCUT2D eigenvalue weighted by Crippen LogP contribution is 2.23. The zero-order valence-corrected chi connectivity index (χ0v) is 10.8. The van der Waals surface area contributed by atoms with Crippen molar-refractivity contribution in [3.8, 4) is 11.5 Å². The lowest BCUT2D eigenvalue weighted by molar-refractivity contribution is 0.0936. The van der Waals surface area contributed by atoms with E-state index in [0.717, 1.165) is 0 Å². The van der Waals surface area contributed by atoms with Gasteiger partial charge in [0.25, 0.3) is 5.91 Å². The van der Waals surface area contributed by atoms with E-state index in [2.05, 4.69) is 5.32 Å². The number of halogens is 1. The first-order valence-corrected chi connectivity index (χ1v) is 6.05. The van der Waals surface area contributed by atoms with Crippen LogP contribution >= 0.6 is 0 Å². The van der Waals surface area contributed by atoms with Crippen LogP contribution in [-0.4, -0.2) is 16.1 Å². The molecule has 20 heavy (non-hydrogen) atoms. The summed E-state index contributed by atoms with van der Waals surface area (Å²) in [5.74, 6) is -1.28. The van der Waals surface area contributed by atoms with Crippen molar-refractivity contribution in [2.45, 2.75) is 13.0 Å². The maximum Gasteiger partial charge on any atom is 0.255 e. The number of hydrogen-bond donors (Lipinski definition) is 3. The Kier molecular flexibility index (Phi) is 3.89. The number of phenols is 2. The monoisotopic (exact) mass is 275 g/mol. The van der Waals surface area contributed by atoms with Crippen molar-refractivity contribution in [2.24, 2.45) is 0 Å². The highest BCUT2D eigenvalue weighted by Gasteiger charge is 2.15. The number of nitrogens with one attached hydrogen (secondary N) is 1. The van der Waals surface area contributed by atoms with Gasteiger partial charge in [-0.25, -0.2) is 4.39 Å². The lowest BCUT2D eigenvalue weighted by Crippen LogP contribution is -2.26. The van der Waals surface area contributed by atoms with Crippen LogP contribution in [0.3, 0.4) is 0 Å². The normalized spacial score (nSPS) is 11.9. The van der Waals surface area contributed by atoms with Gasteiger partial charge >= 0.3 is 0 Å². The topological polar surface area (TPSA) is 69.6 Å². The van der Waals surface area contributed by atoms with Gasteiger partial charge in [0.2, 0.25) is 0 Å². The van der Waals surface area contributed by atoms with Crippen molar-refractivity contribution < 1.29 is 19.4 Å². The highest BCUT2D eigenvalue weighted by molar-refractivity contribution is 5.97. The molecule has 0 heterocycles. The van der Waals surface area contributed by atoms with E-state index in [1.165, 1.54) is 30.3 Å². The molecule has 0 aromatic heterocycles. The van der Waals surface area contributed by atoms with E-state index in [9.17, 15) is 19.4 Å². The smallest absolute Gasteiger partial charge is 0.255 e. The molecule has 0 bridgehead atoms. The van der Waals surface area contributed by atoms with E-state index < -0.39 is 11.9 Å². The molecular weight excluding hydrogens is 261 g/mol. The molecule has 2 aromatic rings. The summed E-state index contributed by atoms with van der Waals surface area (Å²) in [5, 5.41) is 21.6. The Morgan fingerprint density at radius 2 is 1.95 bits per heavy atom. The standard InChI is InChI=1S/C15H14FNO3/c1-9(10-3-2-4-11(16)7-10)17-15(20)13-8-12(18)5-6-14(13)19/h2-9,18-19H,1H3,(H,17,20). The lowest BCUT2D eigenvalue weighted by Gasteiger charge is -2.15. The molecule has 1 amide bonds. The predicted molar refractivity (Wildman–Crippen MR) is 72.1 cm³/mol. The Balaban J connectivity index is 2.17. The average molecular weight is 275 g/mol. The van der Waals surface area contributed by atoms with E-state index in [-0.39, 0.29) is 22.9 Å². The summed E-state index contributed by atoms with van der Waals surface area (Å²) >= 11 is 0. The van der Waals surface area contributed by atoms with Crippen LogP contribution in [-0.2, 0) is 0 Å². The molecule has 0 aliphatic heterocycles. The molecular formula is C15H14FNO3. The number of hydrogen-bond acceptors (Lipinski definition) is 3. The van der Waals surface area contributed by atoms with Gasteiger partial charge in [0.05, 0.1) is 11.6 Å². The minimum Gasteiger partial charge on any atom is -0.508 e. The minimum absolute atomic E-state index is 0.0340. The molecule has 0 aliphatic rings. The molecule has 1 atom stereocenters. The molecule has 2 rings (SSSR count). The van der Waals surface area contributed by atoms with Crippen LogP contribution in [0.4, 0.5) is 4.39 Å². The Bertz CT molecular complexity index is 643.